The lowest BCUT2D eigenvalue weighted by Crippen LogP contribution is -2.38. The largest absolute Gasteiger partial charge is 0.465 e. The minimum absolute atomic E-state index is 0.0189. The first kappa shape index (κ1) is 19.7. The molecule has 0 saturated carbocycles. The van der Waals surface area contributed by atoms with Crippen LogP contribution in [0.2, 0.25) is 0 Å². The number of amides is 3. The minimum atomic E-state index is -1.29. The second-order valence-corrected chi connectivity index (χ2v) is 7.24. The molecule has 0 spiro atoms. The van der Waals surface area contributed by atoms with E-state index in [0.29, 0.717) is 5.04 Å². The molecule has 2 aliphatic heterocycles. The summed E-state index contributed by atoms with van der Waals surface area (Å²) >= 11 is 1.10. The molecule has 1 saturated heterocycles. The predicted octanol–water partition coefficient (Wildman–Crippen LogP) is 1.85. The van der Waals surface area contributed by atoms with Gasteiger partial charge in [-0.3, -0.25) is 14.6 Å². The Morgan fingerprint density at radius 2 is 2.23 bits per heavy atom. The summed E-state index contributed by atoms with van der Waals surface area (Å²) in [5, 5.41) is 17.1. The van der Waals surface area contributed by atoms with Gasteiger partial charge < -0.3 is 14.4 Å². The van der Waals surface area contributed by atoms with Gasteiger partial charge in [-0.1, -0.05) is 16.9 Å². The van der Waals surface area contributed by atoms with E-state index in [9.17, 15) is 23.9 Å². The van der Waals surface area contributed by atoms with Gasteiger partial charge in [-0.2, -0.15) is 5.10 Å². The van der Waals surface area contributed by atoms with Crippen molar-refractivity contribution in [2.45, 2.75) is 6.10 Å². The van der Waals surface area contributed by atoms with E-state index in [1.165, 1.54) is 29.4 Å². The van der Waals surface area contributed by atoms with Crippen molar-refractivity contribution in [1.29, 1.82) is 0 Å². The van der Waals surface area contributed by atoms with Gasteiger partial charge in [0, 0.05) is 11.6 Å². The van der Waals surface area contributed by atoms with Crippen LogP contribution >= 0.6 is 11.8 Å². The van der Waals surface area contributed by atoms with E-state index in [-0.39, 0.29) is 41.8 Å². The number of nitrogens with zero attached hydrogens (tertiary/aromatic N) is 4. The number of rotatable bonds is 5. The third-order valence-corrected chi connectivity index (χ3v) is 5.30. The molecule has 156 valence electrons. The maximum atomic E-state index is 14.6. The highest BCUT2D eigenvalue weighted by Crippen LogP contribution is 2.27. The van der Waals surface area contributed by atoms with E-state index in [1.54, 1.807) is 0 Å². The number of carbonyl (C=O) groups excluding carboxylic acids is 2. The normalized spacial score (nSPS) is 18.6. The minimum Gasteiger partial charge on any atom is -0.465 e. The van der Waals surface area contributed by atoms with Crippen LogP contribution in [0.15, 0.2) is 40.2 Å². The number of thioether (sulfide) groups is 1. The molecule has 2 aliphatic rings. The van der Waals surface area contributed by atoms with Crippen molar-refractivity contribution in [3.8, 4) is 0 Å². The summed E-state index contributed by atoms with van der Waals surface area (Å²) in [6.45, 7) is -0.150. The van der Waals surface area contributed by atoms with Crippen molar-refractivity contribution < 1.29 is 33.1 Å². The van der Waals surface area contributed by atoms with E-state index in [0.717, 1.165) is 22.7 Å². The number of cyclic esters (lactones) is 1. The van der Waals surface area contributed by atoms with Crippen molar-refractivity contribution >= 4 is 46.4 Å². The summed E-state index contributed by atoms with van der Waals surface area (Å²) in [7, 11) is 0. The standard InChI is InChI=1S/C17H14FN5O6S/c18-12-5-9(1-2-11(12)15-20-19-14(24)8-30-15)22-6-10(29-17(22)27)7-23(16(25)26)13-3-4-28-21-13/h1-5,10H,6-8H2,(H,19,24)(H,25,26)/t10-/m0/s1. The fourth-order valence-electron chi connectivity index (χ4n) is 2.94. The topological polar surface area (TPSA) is 138 Å². The van der Waals surface area contributed by atoms with Crippen LogP contribution < -0.4 is 15.2 Å². The smallest absolute Gasteiger partial charge is 0.414 e. The van der Waals surface area contributed by atoms with Crippen LogP contribution in [0, 0.1) is 5.82 Å². The number of anilines is 2. The first-order valence-corrected chi connectivity index (χ1v) is 9.59. The number of carboxylic acid groups (broad SMARTS) is 1. The highest BCUT2D eigenvalue weighted by atomic mass is 32.2. The Morgan fingerprint density at radius 3 is 2.87 bits per heavy atom. The molecule has 3 amide bonds. The van der Waals surface area contributed by atoms with Crippen molar-refractivity contribution in [2.75, 3.05) is 28.6 Å². The molecular formula is C17H14FN5O6S. The predicted molar refractivity (Wildman–Crippen MR) is 103 cm³/mol. The van der Waals surface area contributed by atoms with Gasteiger partial charge in [-0.25, -0.2) is 19.4 Å². The number of ether oxygens (including phenoxy) is 1. The Kier molecular flexibility index (Phi) is 5.27. The summed E-state index contributed by atoms with van der Waals surface area (Å²) in [6, 6.07) is 5.50. The maximum absolute atomic E-state index is 14.6. The SMILES string of the molecule is O=C1CSC(c2ccc(N3C[C@@H](CN(C(=O)O)c4ccon4)OC3=O)cc2F)=NN1. The Bertz CT molecular complexity index is 1030. The third kappa shape index (κ3) is 3.91. The van der Waals surface area contributed by atoms with E-state index in [1.807, 2.05) is 0 Å². The first-order valence-electron chi connectivity index (χ1n) is 8.60. The molecule has 13 heteroatoms. The second kappa shape index (κ2) is 8.02. The number of halogens is 1. The van der Waals surface area contributed by atoms with Crippen LogP contribution in [0.4, 0.5) is 25.5 Å². The zero-order valence-corrected chi connectivity index (χ0v) is 16.0. The van der Waals surface area contributed by atoms with Gasteiger partial charge in [0.1, 0.15) is 23.2 Å². The van der Waals surface area contributed by atoms with E-state index < -0.39 is 24.1 Å². The van der Waals surface area contributed by atoms with Gasteiger partial charge in [0.15, 0.2) is 5.82 Å². The molecule has 2 N–H and O–H groups in total. The molecule has 0 bridgehead atoms. The number of hydrogen-bond donors (Lipinski definition) is 2. The number of aromatic nitrogens is 1. The molecule has 0 aliphatic carbocycles. The monoisotopic (exact) mass is 435 g/mol. The molecule has 3 heterocycles. The van der Waals surface area contributed by atoms with Crippen LogP contribution in [0.1, 0.15) is 5.56 Å². The molecule has 0 unspecified atom stereocenters. The molecular weight excluding hydrogens is 421 g/mol. The van der Waals surface area contributed by atoms with Crippen LogP contribution in [-0.4, -0.2) is 58.3 Å². The van der Waals surface area contributed by atoms with Gasteiger partial charge in [0.2, 0.25) is 0 Å². The molecule has 11 nitrogen and oxygen atoms in total. The van der Waals surface area contributed by atoms with Gasteiger partial charge in [-0.15, -0.1) is 0 Å². The Labute approximate surface area is 172 Å². The molecule has 2 aromatic rings. The van der Waals surface area contributed by atoms with Crippen LogP contribution in [-0.2, 0) is 9.53 Å². The lowest BCUT2D eigenvalue weighted by molar-refractivity contribution is -0.118. The molecule has 1 aromatic carbocycles. The Hall–Kier alpha value is -3.61. The van der Waals surface area contributed by atoms with Crippen molar-refractivity contribution in [3.05, 3.63) is 41.9 Å². The zero-order chi connectivity index (χ0) is 21.3. The fraction of sp³-hybridized carbons (Fsp3) is 0.235. The Morgan fingerprint density at radius 1 is 1.40 bits per heavy atom. The second-order valence-electron chi connectivity index (χ2n) is 6.27. The highest BCUT2D eigenvalue weighted by Gasteiger charge is 2.36. The maximum Gasteiger partial charge on any atom is 0.414 e. The zero-order valence-electron chi connectivity index (χ0n) is 15.1. The van der Waals surface area contributed by atoms with Crippen molar-refractivity contribution in [1.82, 2.24) is 10.6 Å². The van der Waals surface area contributed by atoms with Crippen molar-refractivity contribution in [2.24, 2.45) is 5.10 Å². The van der Waals surface area contributed by atoms with Crippen molar-refractivity contribution in [3.63, 3.8) is 0 Å². The van der Waals surface area contributed by atoms with Gasteiger partial charge in [-0.05, 0) is 18.2 Å². The quantitative estimate of drug-likeness (QED) is 0.726. The number of hydrazone groups is 1. The summed E-state index contributed by atoms with van der Waals surface area (Å²) in [5.74, 6) is -0.704. The average Bonchev–Trinajstić information content (AvgIpc) is 3.36. The summed E-state index contributed by atoms with van der Waals surface area (Å²) in [4.78, 5) is 37.0. The molecule has 1 aromatic heterocycles. The molecule has 0 radical (unpaired) electrons. The van der Waals surface area contributed by atoms with Gasteiger partial charge in [0.25, 0.3) is 5.91 Å². The molecule has 1 atom stereocenters. The number of carbonyl (C=O) groups is 3. The first-order chi connectivity index (χ1) is 14.4. The lowest BCUT2D eigenvalue weighted by Gasteiger charge is -2.19. The number of nitrogens with one attached hydrogen (secondary N) is 1. The summed E-state index contributed by atoms with van der Waals surface area (Å²) in [5.41, 5.74) is 2.73. The van der Waals surface area contributed by atoms with Crippen LogP contribution in [0.3, 0.4) is 0 Å². The number of benzene rings is 1. The third-order valence-electron chi connectivity index (χ3n) is 4.31. The van der Waals surface area contributed by atoms with E-state index >= 15 is 0 Å². The van der Waals surface area contributed by atoms with Gasteiger partial charge in [0.05, 0.1) is 24.5 Å². The number of hydrogen-bond acceptors (Lipinski definition) is 8. The lowest BCUT2D eigenvalue weighted by atomic mass is 10.2. The molecule has 4 rings (SSSR count). The van der Waals surface area contributed by atoms with E-state index in [4.69, 9.17) is 4.74 Å². The van der Waals surface area contributed by atoms with E-state index in [2.05, 4.69) is 20.2 Å². The molecule has 1 fully saturated rings. The Balaban J connectivity index is 1.48. The van der Waals surface area contributed by atoms with Crippen LogP contribution in [0.25, 0.3) is 0 Å². The van der Waals surface area contributed by atoms with Crippen LogP contribution in [0.5, 0.6) is 0 Å². The van der Waals surface area contributed by atoms with Gasteiger partial charge >= 0.3 is 12.2 Å². The summed E-state index contributed by atoms with van der Waals surface area (Å²) in [6.07, 6.45) is -1.58. The fourth-order valence-corrected chi connectivity index (χ4v) is 3.70. The average molecular weight is 435 g/mol. The highest BCUT2D eigenvalue weighted by molar-refractivity contribution is 8.15. The molecule has 30 heavy (non-hydrogen) atoms. The summed E-state index contributed by atoms with van der Waals surface area (Å²) < 4.78 is 24.5.